The van der Waals surface area contributed by atoms with Gasteiger partial charge in [-0.1, -0.05) is 25.0 Å². The average Bonchev–Trinajstić information content (AvgIpc) is 2.93. The van der Waals surface area contributed by atoms with Crippen molar-refractivity contribution >= 4 is 16.9 Å². The molecule has 1 aliphatic carbocycles. The standard InChI is InChI=1S/C20H24N2O3/c1-12-6-7-15-14(10-19(23)25-18(15)8-12)11-22-16-5-3-2-4-13(16)9-17(22)20(21)24/h6-8,10,13,16-17H,2-5,9,11H2,1H3,(H2,21,24)/t13-,16-,17-/m0/s1. The van der Waals surface area contributed by atoms with Crippen molar-refractivity contribution < 1.29 is 9.21 Å². The van der Waals surface area contributed by atoms with Crippen molar-refractivity contribution in [3.8, 4) is 0 Å². The lowest BCUT2D eigenvalue weighted by Gasteiger charge is -2.33. The van der Waals surface area contributed by atoms with E-state index in [0.29, 0.717) is 24.1 Å². The minimum Gasteiger partial charge on any atom is -0.423 e. The molecule has 5 nitrogen and oxygen atoms in total. The van der Waals surface area contributed by atoms with Crippen LogP contribution in [-0.4, -0.2) is 22.9 Å². The molecule has 3 atom stereocenters. The minimum atomic E-state index is -0.344. The number of hydrogen-bond acceptors (Lipinski definition) is 4. The van der Waals surface area contributed by atoms with Gasteiger partial charge in [-0.25, -0.2) is 4.79 Å². The van der Waals surface area contributed by atoms with E-state index >= 15 is 0 Å². The molecule has 132 valence electrons. The summed E-state index contributed by atoms with van der Waals surface area (Å²) in [5, 5.41) is 0.938. The lowest BCUT2D eigenvalue weighted by molar-refractivity contribution is -0.122. The van der Waals surface area contributed by atoms with Crippen LogP contribution in [0.2, 0.25) is 0 Å². The molecular weight excluding hydrogens is 316 g/mol. The van der Waals surface area contributed by atoms with Gasteiger partial charge < -0.3 is 10.2 Å². The largest absolute Gasteiger partial charge is 0.423 e. The zero-order valence-corrected chi connectivity index (χ0v) is 14.5. The highest BCUT2D eigenvalue weighted by Gasteiger charge is 2.44. The minimum absolute atomic E-state index is 0.235. The summed E-state index contributed by atoms with van der Waals surface area (Å²) < 4.78 is 5.36. The Morgan fingerprint density at radius 2 is 2.08 bits per heavy atom. The Kier molecular flexibility index (Phi) is 4.12. The number of primary amides is 1. The molecule has 4 rings (SSSR count). The van der Waals surface area contributed by atoms with E-state index in [1.807, 2.05) is 25.1 Å². The maximum Gasteiger partial charge on any atom is 0.336 e. The number of likely N-dealkylation sites (tertiary alicyclic amines) is 1. The van der Waals surface area contributed by atoms with Crippen molar-refractivity contribution in [2.75, 3.05) is 0 Å². The Morgan fingerprint density at radius 3 is 2.88 bits per heavy atom. The molecule has 2 aromatic rings. The van der Waals surface area contributed by atoms with E-state index in [-0.39, 0.29) is 17.6 Å². The van der Waals surface area contributed by atoms with Gasteiger partial charge in [-0.2, -0.15) is 0 Å². The van der Waals surface area contributed by atoms with Gasteiger partial charge in [0, 0.05) is 24.0 Å². The smallest absolute Gasteiger partial charge is 0.336 e. The number of carbonyl (C=O) groups is 1. The zero-order valence-electron chi connectivity index (χ0n) is 14.5. The molecular formula is C20H24N2O3. The Labute approximate surface area is 146 Å². The van der Waals surface area contributed by atoms with Crippen LogP contribution in [-0.2, 0) is 11.3 Å². The highest BCUT2D eigenvalue weighted by molar-refractivity contribution is 5.82. The summed E-state index contributed by atoms with van der Waals surface area (Å²) in [6.07, 6.45) is 5.55. The first-order valence-electron chi connectivity index (χ1n) is 9.11. The number of hydrogen-bond donors (Lipinski definition) is 1. The summed E-state index contributed by atoms with van der Waals surface area (Å²) in [5.41, 5.74) is 7.93. The summed E-state index contributed by atoms with van der Waals surface area (Å²) in [6.45, 7) is 2.54. The maximum absolute atomic E-state index is 12.0. The first kappa shape index (κ1) is 16.3. The number of benzene rings is 1. The first-order chi connectivity index (χ1) is 12.0. The van der Waals surface area contributed by atoms with Crippen molar-refractivity contribution in [1.82, 2.24) is 4.90 Å². The van der Waals surface area contributed by atoms with E-state index < -0.39 is 0 Å². The lowest BCUT2D eigenvalue weighted by Crippen LogP contribution is -2.44. The van der Waals surface area contributed by atoms with Crippen LogP contribution in [0.3, 0.4) is 0 Å². The molecule has 2 N–H and O–H groups in total. The van der Waals surface area contributed by atoms with Crippen LogP contribution in [0.5, 0.6) is 0 Å². The Balaban J connectivity index is 1.74. The van der Waals surface area contributed by atoms with Gasteiger partial charge >= 0.3 is 5.63 Å². The van der Waals surface area contributed by atoms with Crippen LogP contribution in [0, 0.1) is 12.8 Å². The number of amides is 1. The fourth-order valence-corrected chi connectivity index (χ4v) is 4.72. The number of carbonyl (C=O) groups excluding carboxylic acids is 1. The molecule has 0 bridgehead atoms. The van der Waals surface area contributed by atoms with Gasteiger partial charge in [0.2, 0.25) is 5.91 Å². The molecule has 2 aliphatic rings. The summed E-state index contributed by atoms with van der Waals surface area (Å²) in [5.74, 6) is 0.289. The van der Waals surface area contributed by atoms with Crippen molar-refractivity contribution in [2.45, 2.75) is 57.7 Å². The first-order valence-corrected chi connectivity index (χ1v) is 9.11. The van der Waals surface area contributed by atoms with E-state index in [1.54, 1.807) is 6.07 Å². The van der Waals surface area contributed by atoms with Crippen molar-refractivity contribution in [1.29, 1.82) is 0 Å². The van der Waals surface area contributed by atoms with Crippen LogP contribution in [0.15, 0.2) is 33.5 Å². The SMILES string of the molecule is Cc1ccc2c(CN3[C@H](C(N)=O)C[C@@H]4CCCC[C@@H]43)cc(=O)oc2c1. The van der Waals surface area contributed by atoms with Gasteiger partial charge in [0.15, 0.2) is 0 Å². The molecule has 1 amide bonds. The Morgan fingerprint density at radius 1 is 1.28 bits per heavy atom. The van der Waals surface area contributed by atoms with Crippen molar-refractivity contribution in [3.05, 3.63) is 45.8 Å². The lowest BCUT2D eigenvalue weighted by atomic mass is 9.84. The third-order valence-electron chi connectivity index (χ3n) is 5.89. The van der Waals surface area contributed by atoms with Crippen LogP contribution in [0.4, 0.5) is 0 Å². The number of nitrogens with zero attached hydrogens (tertiary/aromatic N) is 1. The number of rotatable bonds is 3. The molecule has 1 aliphatic heterocycles. The van der Waals surface area contributed by atoms with E-state index in [2.05, 4.69) is 4.90 Å². The van der Waals surface area contributed by atoms with E-state index in [9.17, 15) is 9.59 Å². The molecule has 0 radical (unpaired) electrons. The molecule has 25 heavy (non-hydrogen) atoms. The van der Waals surface area contributed by atoms with Crippen molar-refractivity contribution in [3.63, 3.8) is 0 Å². The van der Waals surface area contributed by atoms with E-state index in [1.165, 1.54) is 19.3 Å². The fraction of sp³-hybridized carbons (Fsp3) is 0.500. The molecule has 0 spiro atoms. The second-order valence-electron chi connectivity index (χ2n) is 7.53. The topological polar surface area (TPSA) is 76.5 Å². The Hall–Kier alpha value is -2.14. The highest BCUT2D eigenvalue weighted by Crippen LogP contribution is 2.40. The monoisotopic (exact) mass is 340 g/mol. The molecule has 1 aromatic heterocycles. The number of aryl methyl sites for hydroxylation is 1. The molecule has 2 fully saturated rings. The summed E-state index contributed by atoms with van der Waals surface area (Å²) in [4.78, 5) is 26.3. The van der Waals surface area contributed by atoms with Crippen LogP contribution < -0.4 is 11.4 Å². The quantitative estimate of drug-likeness (QED) is 0.872. The Bertz CT molecular complexity index is 873. The van der Waals surface area contributed by atoms with Gasteiger partial charge in [0.25, 0.3) is 0 Å². The molecule has 0 unspecified atom stereocenters. The molecule has 1 aromatic carbocycles. The summed E-state index contributed by atoms with van der Waals surface area (Å²) in [6, 6.07) is 7.62. The molecule has 1 saturated carbocycles. The predicted octanol–water partition coefficient (Wildman–Crippen LogP) is 2.72. The summed E-state index contributed by atoms with van der Waals surface area (Å²) >= 11 is 0. The normalized spacial score (nSPS) is 26.7. The number of fused-ring (bicyclic) bond motifs is 2. The van der Waals surface area contributed by atoms with Gasteiger partial charge in [-0.3, -0.25) is 9.69 Å². The maximum atomic E-state index is 12.0. The molecule has 1 saturated heterocycles. The van der Waals surface area contributed by atoms with Gasteiger partial charge in [0.1, 0.15) is 5.58 Å². The van der Waals surface area contributed by atoms with E-state index in [4.69, 9.17) is 10.2 Å². The second kappa shape index (κ2) is 6.30. The average molecular weight is 340 g/mol. The van der Waals surface area contributed by atoms with Crippen molar-refractivity contribution in [2.24, 2.45) is 11.7 Å². The van der Waals surface area contributed by atoms with Crippen LogP contribution >= 0.6 is 0 Å². The van der Waals surface area contributed by atoms with E-state index in [0.717, 1.165) is 29.4 Å². The highest BCUT2D eigenvalue weighted by atomic mass is 16.4. The van der Waals surface area contributed by atoms with Gasteiger partial charge in [0.05, 0.1) is 6.04 Å². The number of nitrogens with two attached hydrogens (primary N) is 1. The zero-order chi connectivity index (χ0) is 17.6. The third kappa shape index (κ3) is 2.97. The van der Waals surface area contributed by atoms with Crippen LogP contribution in [0.1, 0.15) is 43.2 Å². The molecule has 5 heteroatoms. The summed E-state index contributed by atoms with van der Waals surface area (Å²) in [7, 11) is 0. The van der Waals surface area contributed by atoms with Crippen LogP contribution in [0.25, 0.3) is 11.0 Å². The van der Waals surface area contributed by atoms with Gasteiger partial charge in [-0.05, 0) is 49.3 Å². The van der Waals surface area contributed by atoms with Gasteiger partial charge in [-0.15, -0.1) is 0 Å². The fourth-order valence-electron chi connectivity index (χ4n) is 4.72. The molecule has 2 heterocycles. The predicted molar refractivity (Wildman–Crippen MR) is 96.1 cm³/mol. The second-order valence-corrected chi connectivity index (χ2v) is 7.53. The third-order valence-corrected chi connectivity index (χ3v) is 5.89.